The summed E-state index contributed by atoms with van der Waals surface area (Å²) >= 11 is 0. The second-order valence-electron chi connectivity index (χ2n) is 6.60. The molecule has 0 aliphatic rings. The van der Waals surface area contributed by atoms with E-state index in [4.69, 9.17) is 4.74 Å². The van der Waals surface area contributed by atoms with Crippen molar-refractivity contribution in [3.63, 3.8) is 0 Å². The van der Waals surface area contributed by atoms with Crippen LogP contribution in [0.1, 0.15) is 30.0 Å². The van der Waals surface area contributed by atoms with Crippen LogP contribution in [0.3, 0.4) is 0 Å². The van der Waals surface area contributed by atoms with Crippen molar-refractivity contribution in [1.82, 2.24) is 4.90 Å². The molecule has 2 nitrogen and oxygen atoms in total. The zero-order valence-electron chi connectivity index (χ0n) is 15.7. The molecule has 0 aliphatic heterocycles. The first-order chi connectivity index (χ1) is 12.1. The van der Waals surface area contributed by atoms with Gasteiger partial charge in [-0.15, -0.1) is 0 Å². The van der Waals surface area contributed by atoms with Gasteiger partial charge in [-0.25, -0.2) is 0 Å². The van der Waals surface area contributed by atoms with Crippen LogP contribution < -0.4 is 0 Å². The van der Waals surface area contributed by atoms with Crippen LogP contribution in [0.5, 0.6) is 0 Å². The van der Waals surface area contributed by atoms with Gasteiger partial charge in [0.1, 0.15) is 5.76 Å². The lowest BCUT2D eigenvalue weighted by Crippen LogP contribution is -2.20. The fraction of sp³-hybridized carbons (Fsp3) is 0.304. The fourth-order valence-electron chi connectivity index (χ4n) is 2.76. The van der Waals surface area contributed by atoms with Gasteiger partial charge in [-0.2, -0.15) is 0 Å². The first-order valence-corrected chi connectivity index (χ1v) is 8.84. The number of hydrogen-bond donors (Lipinski definition) is 0. The van der Waals surface area contributed by atoms with Crippen LogP contribution in [0.2, 0.25) is 0 Å². The predicted octanol–water partition coefficient (Wildman–Crippen LogP) is 5.45. The number of benzene rings is 2. The number of aryl methyl sites for hydroxylation is 1. The first-order valence-electron chi connectivity index (χ1n) is 8.84. The molecule has 0 bridgehead atoms. The summed E-state index contributed by atoms with van der Waals surface area (Å²) in [6.07, 6.45) is 3.01. The van der Waals surface area contributed by atoms with Crippen molar-refractivity contribution < 1.29 is 4.74 Å². The summed E-state index contributed by atoms with van der Waals surface area (Å²) in [5.74, 6) is 0.913. The Morgan fingerprint density at radius 2 is 1.76 bits per heavy atom. The summed E-state index contributed by atoms with van der Waals surface area (Å²) in [4.78, 5) is 2.33. The van der Waals surface area contributed by atoms with Crippen LogP contribution in [0.15, 0.2) is 72.8 Å². The van der Waals surface area contributed by atoms with Crippen molar-refractivity contribution in [2.45, 2.75) is 26.8 Å². The zero-order valence-corrected chi connectivity index (χ0v) is 15.7. The van der Waals surface area contributed by atoms with E-state index in [0.29, 0.717) is 6.61 Å². The molecule has 2 rings (SSSR count). The Morgan fingerprint density at radius 3 is 2.44 bits per heavy atom. The number of nitrogens with zero attached hydrogens (tertiary/aromatic N) is 1. The Kier molecular flexibility index (Phi) is 7.49. The maximum absolute atomic E-state index is 6.09. The van der Waals surface area contributed by atoms with E-state index in [-0.39, 0.29) is 0 Å². The van der Waals surface area contributed by atoms with Gasteiger partial charge in [-0.05, 0) is 44.5 Å². The quantitative estimate of drug-likeness (QED) is 0.343. The summed E-state index contributed by atoms with van der Waals surface area (Å²) in [6, 6.07) is 18.9. The molecule has 2 aromatic carbocycles. The molecule has 0 radical (unpaired) electrons. The second kappa shape index (κ2) is 9.85. The van der Waals surface area contributed by atoms with Gasteiger partial charge in [-0.3, -0.25) is 0 Å². The highest BCUT2D eigenvalue weighted by atomic mass is 16.5. The molecule has 0 saturated heterocycles. The number of allylic oxidation sites excluding steroid dienone is 2. The highest BCUT2D eigenvalue weighted by Crippen LogP contribution is 2.21. The van der Waals surface area contributed by atoms with Crippen LogP contribution in [-0.4, -0.2) is 25.1 Å². The monoisotopic (exact) mass is 335 g/mol. The summed E-state index contributed by atoms with van der Waals surface area (Å²) < 4.78 is 6.09. The zero-order chi connectivity index (χ0) is 18.1. The molecule has 2 heteroatoms. The molecule has 2 aromatic rings. The number of ether oxygens (including phenoxy) is 1. The standard InChI is InChI=1S/C23H29NO/c1-19(2)17-23(22-14-9-8-11-20(22)3)25-16-10-15-24(4)18-21-12-6-5-7-13-21/h5-9,11-14,17H,1,10,15-16,18H2,2-4H3/b23-17+. The van der Waals surface area contributed by atoms with Gasteiger partial charge in [0.2, 0.25) is 0 Å². The van der Waals surface area contributed by atoms with Crippen molar-refractivity contribution in [2.75, 3.05) is 20.2 Å². The topological polar surface area (TPSA) is 12.5 Å². The molecule has 0 fully saturated rings. The first kappa shape index (κ1) is 19.0. The smallest absolute Gasteiger partial charge is 0.127 e. The van der Waals surface area contributed by atoms with Gasteiger partial charge in [0.05, 0.1) is 6.61 Å². The maximum Gasteiger partial charge on any atom is 0.127 e. The minimum absolute atomic E-state index is 0.701. The van der Waals surface area contributed by atoms with E-state index in [1.54, 1.807) is 0 Å². The van der Waals surface area contributed by atoms with E-state index in [1.807, 2.05) is 19.1 Å². The lowest BCUT2D eigenvalue weighted by atomic mass is 10.1. The van der Waals surface area contributed by atoms with E-state index in [2.05, 4.69) is 74.0 Å². The second-order valence-corrected chi connectivity index (χ2v) is 6.60. The molecule has 0 aliphatic carbocycles. The molecule has 0 aromatic heterocycles. The Morgan fingerprint density at radius 1 is 1.08 bits per heavy atom. The average Bonchev–Trinajstić information content (AvgIpc) is 2.59. The van der Waals surface area contributed by atoms with Crippen LogP contribution in [0.4, 0.5) is 0 Å². The molecular weight excluding hydrogens is 306 g/mol. The third kappa shape index (κ3) is 6.60. The van der Waals surface area contributed by atoms with E-state index in [0.717, 1.165) is 36.4 Å². The van der Waals surface area contributed by atoms with Crippen molar-refractivity contribution in [3.05, 3.63) is 89.5 Å². The molecular formula is C23H29NO. The van der Waals surface area contributed by atoms with Gasteiger partial charge in [0.15, 0.2) is 0 Å². The summed E-state index contributed by atoms with van der Waals surface area (Å²) in [6.45, 7) is 10.8. The normalized spacial score (nSPS) is 11.6. The third-order valence-corrected chi connectivity index (χ3v) is 4.03. The average molecular weight is 335 g/mol. The van der Waals surface area contributed by atoms with Crippen molar-refractivity contribution >= 4 is 5.76 Å². The molecule has 25 heavy (non-hydrogen) atoms. The van der Waals surface area contributed by atoms with Crippen LogP contribution in [0.25, 0.3) is 5.76 Å². The van der Waals surface area contributed by atoms with Crippen molar-refractivity contribution in [1.29, 1.82) is 0 Å². The van der Waals surface area contributed by atoms with E-state index < -0.39 is 0 Å². The Bertz CT molecular complexity index is 703. The summed E-state index contributed by atoms with van der Waals surface area (Å²) in [5, 5.41) is 0. The Balaban J connectivity index is 1.85. The molecule has 0 atom stereocenters. The largest absolute Gasteiger partial charge is 0.493 e. The summed E-state index contributed by atoms with van der Waals surface area (Å²) in [5.41, 5.74) is 4.70. The van der Waals surface area contributed by atoms with Gasteiger partial charge in [0.25, 0.3) is 0 Å². The van der Waals surface area contributed by atoms with Gasteiger partial charge < -0.3 is 9.64 Å². The number of hydrogen-bond acceptors (Lipinski definition) is 2. The lowest BCUT2D eigenvalue weighted by molar-refractivity contribution is 0.235. The minimum atomic E-state index is 0.701. The highest BCUT2D eigenvalue weighted by molar-refractivity contribution is 5.65. The minimum Gasteiger partial charge on any atom is -0.493 e. The molecule has 0 N–H and O–H groups in total. The van der Waals surface area contributed by atoms with Crippen LogP contribution >= 0.6 is 0 Å². The molecule has 0 saturated carbocycles. The SMILES string of the molecule is C=C(C)/C=C(/OCCCN(C)Cc1ccccc1)c1ccccc1C. The van der Waals surface area contributed by atoms with Gasteiger partial charge >= 0.3 is 0 Å². The van der Waals surface area contributed by atoms with Gasteiger partial charge in [-0.1, -0.05) is 66.7 Å². The lowest BCUT2D eigenvalue weighted by Gasteiger charge is -2.18. The molecule has 0 unspecified atom stereocenters. The van der Waals surface area contributed by atoms with Crippen molar-refractivity contribution in [3.8, 4) is 0 Å². The van der Waals surface area contributed by atoms with E-state index in [9.17, 15) is 0 Å². The number of rotatable bonds is 9. The van der Waals surface area contributed by atoms with E-state index >= 15 is 0 Å². The van der Waals surface area contributed by atoms with Crippen molar-refractivity contribution in [2.24, 2.45) is 0 Å². The molecule has 0 heterocycles. The highest BCUT2D eigenvalue weighted by Gasteiger charge is 2.07. The Labute approximate surface area is 152 Å². The van der Waals surface area contributed by atoms with Gasteiger partial charge in [0, 0.05) is 18.7 Å². The summed E-state index contributed by atoms with van der Waals surface area (Å²) in [7, 11) is 2.15. The fourth-order valence-corrected chi connectivity index (χ4v) is 2.76. The maximum atomic E-state index is 6.09. The van der Waals surface area contributed by atoms with Crippen LogP contribution in [0, 0.1) is 6.92 Å². The molecule has 0 spiro atoms. The third-order valence-electron chi connectivity index (χ3n) is 4.03. The molecule has 132 valence electrons. The Hall–Kier alpha value is -2.32. The molecule has 0 amide bonds. The predicted molar refractivity (Wildman–Crippen MR) is 107 cm³/mol. The van der Waals surface area contributed by atoms with Crippen LogP contribution in [-0.2, 0) is 11.3 Å². The van der Waals surface area contributed by atoms with E-state index in [1.165, 1.54) is 11.1 Å².